The van der Waals surface area contributed by atoms with Gasteiger partial charge in [0.1, 0.15) is 11.6 Å². The van der Waals surface area contributed by atoms with Gasteiger partial charge in [-0.05, 0) is 56.1 Å². The van der Waals surface area contributed by atoms with Gasteiger partial charge in [0.05, 0.1) is 0 Å². The summed E-state index contributed by atoms with van der Waals surface area (Å²) >= 11 is 14.0. The minimum Gasteiger partial charge on any atom is -0.373 e. The van der Waals surface area contributed by atoms with Crippen molar-refractivity contribution >= 4 is 121 Å². The number of nitrogens with one attached hydrogen (secondary N) is 1. The lowest BCUT2D eigenvalue weighted by Gasteiger charge is -2.15. The Kier molecular flexibility index (Phi) is 29.2. The van der Waals surface area contributed by atoms with E-state index < -0.39 is 0 Å². The van der Waals surface area contributed by atoms with Crippen molar-refractivity contribution in [2.75, 3.05) is 36.2 Å². The summed E-state index contributed by atoms with van der Waals surface area (Å²) in [5.41, 5.74) is 0. The number of aromatic nitrogens is 2. The van der Waals surface area contributed by atoms with Gasteiger partial charge in [-0.2, -0.15) is 0 Å². The van der Waals surface area contributed by atoms with Crippen LogP contribution in [0.25, 0.3) is 0 Å². The van der Waals surface area contributed by atoms with Crippen LogP contribution in [0.4, 0.5) is 11.6 Å². The zero-order chi connectivity index (χ0) is 21.1. The second kappa shape index (κ2) is 24.3. The van der Waals surface area contributed by atoms with Gasteiger partial charge in [-0.25, -0.2) is 9.97 Å². The van der Waals surface area contributed by atoms with Crippen LogP contribution in [0.3, 0.4) is 0 Å². The van der Waals surface area contributed by atoms with E-state index in [2.05, 4.69) is 113 Å². The molecular weight excluding hydrogens is 893 g/mol. The number of rotatable bonds is 5. The van der Waals surface area contributed by atoms with E-state index in [1.54, 1.807) is 18.5 Å². The molecular formula is C18H24Br3I3N4. The molecule has 0 spiro atoms. The molecule has 10 heteroatoms. The number of nitrogens with zero attached hydrogens (tertiary/aromatic N) is 3. The summed E-state index contributed by atoms with van der Waals surface area (Å²) in [5.74, 6) is 1.84. The smallest absolute Gasteiger partial charge is 0.128 e. The number of hydrogen-bond donors (Lipinski definition) is 1. The zero-order valence-corrected chi connectivity index (χ0v) is 27.0. The highest BCUT2D eigenvalue weighted by Crippen LogP contribution is 2.13. The Morgan fingerprint density at radius 1 is 1.04 bits per heavy atom. The molecule has 0 unspecified atom stereocenters. The standard InChI is InChI=1S/C9H11BrN2.C6H7BrN2.C3H5Br.I2.HI/c1-3-6-12(2)9-5-4-8(10)7-11-9;1-8-6-3-2-5(7)4-9-6;1-2-3-4;1-2;/h3-5,7H,1,6H2,2H3;2-4H,1H3,(H,8,9);2H,1,3H2;;1H. The molecule has 4 nitrogen and oxygen atoms in total. The molecule has 0 aliphatic carbocycles. The normalized spacial score (nSPS) is 8.11. The first-order valence-electron chi connectivity index (χ1n) is 7.52. The van der Waals surface area contributed by atoms with Crippen molar-refractivity contribution in [3.05, 3.63) is 70.9 Å². The first kappa shape index (κ1) is 33.6. The number of allylic oxidation sites excluding steroid dienone is 1. The molecule has 158 valence electrons. The number of anilines is 2. The zero-order valence-electron chi connectivity index (χ0n) is 15.6. The van der Waals surface area contributed by atoms with E-state index in [9.17, 15) is 0 Å². The van der Waals surface area contributed by atoms with Crippen LogP contribution in [0.2, 0.25) is 0 Å². The molecule has 2 heterocycles. The molecule has 0 saturated carbocycles. The SMILES string of the molecule is C=CCBr.C=CCN(C)c1ccc(Br)cn1.CNc1ccc(Br)cn1.I.II. The number of halogens is 6. The fourth-order valence-electron chi connectivity index (χ4n) is 1.40. The van der Waals surface area contributed by atoms with Gasteiger partial charge in [0.2, 0.25) is 0 Å². The van der Waals surface area contributed by atoms with Crippen molar-refractivity contribution in [3.63, 3.8) is 0 Å². The molecule has 0 atom stereocenters. The molecule has 28 heavy (non-hydrogen) atoms. The van der Waals surface area contributed by atoms with Crippen LogP contribution in [-0.2, 0) is 0 Å². The predicted molar refractivity (Wildman–Crippen MR) is 164 cm³/mol. The van der Waals surface area contributed by atoms with Gasteiger partial charge in [-0.15, -0.1) is 37.1 Å². The first-order chi connectivity index (χ1) is 13.0. The Balaban J connectivity index is -0.000000347. The van der Waals surface area contributed by atoms with E-state index in [1.807, 2.05) is 49.3 Å². The van der Waals surface area contributed by atoms with E-state index in [1.165, 1.54) is 0 Å². The molecule has 2 aromatic heterocycles. The van der Waals surface area contributed by atoms with Gasteiger partial charge in [0.25, 0.3) is 0 Å². The van der Waals surface area contributed by atoms with Gasteiger partial charge in [-0.3, -0.25) is 0 Å². The molecule has 1 N–H and O–H groups in total. The Morgan fingerprint density at radius 3 is 1.86 bits per heavy atom. The third-order valence-electron chi connectivity index (χ3n) is 2.60. The summed E-state index contributed by atoms with van der Waals surface area (Å²) in [5, 5.41) is 3.82. The molecule has 2 rings (SSSR count). The van der Waals surface area contributed by atoms with Gasteiger partial charge in [-0.1, -0.05) is 28.1 Å². The van der Waals surface area contributed by atoms with Crippen molar-refractivity contribution in [3.8, 4) is 0 Å². The summed E-state index contributed by atoms with van der Waals surface area (Å²) in [6.45, 7) is 7.91. The fourth-order valence-corrected chi connectivity index (χ4v) is 1.87. The molecule has 0 bridgehead atoms. The third kappa shape index (κ3) is 19.0. The highest BCUT2D eigenvalue weighted by Gasteiger charge is 1.98. The van der Waals surface area contributed by atoms with Crippen LogP contribution >= 0.6 is 109 Å². The minimum atomic E-state index is 0. The lowest BCUT2D eigenvalue weighted by Crippen LogP contribution is -2.17. The maximum Gasteiger partial charge on any atom is 0.128 e. The maximum atomic E-state index is 4.23. The molecule has 0 aliphatic heterocycles. The summed E-state index contributed by atoms with van der Waals surface area (Å²) in [6.07, 6.45) is 7.18. The van der Waals surface area contributed by atoms with Crippen LogP contribution in [0, 0.1) is 0 Å². The molecule has 0 aromatic carbocycles. The van der Waals surface area contributed by atoms with E-state index in [0.29, 0.717) is 0 Å². The van der Waals surface area contributed by atoms with Crippen LogP contribution in [0.1, 0.15) is 0 Å². The third-order valence-corrected chi connectivity index (χ3v) is 3.99. The lowest BCUT2D eigenvalue weighted by atomic mass is 10.4. The van der Waals surface area contributed by atoms with Crippen LogP contribution in [0.5, 0.6) is 0 Å². The van der Waals surface area contributed by atoms with E-state index >= 15 is 0 Å². The summed E-state index contributed by atoms with van der Waals surface area (Å²) in [7, 11) is 3.83. The molecule has 0 radical (unpaired) electrons. The Morgan fingerprint density at radius 2 is 1.54 bits per heavy atom. The molecule has 2 aromatic rings. The van der Waals surface area contributed by atoms with Gasteiger partial charge >= 0.3 is 0 Å². The van der Waals surface area contributed by atoms with E-state index in [4.69, 9.17) is 0 Å². The highest BCUT2D eigenvalue weighted by atomic mass is 128. The van der Waals surface area contributed by atoms with Crippen LogP contribution in [0.15, 0.2) is 70.9 Å². The summed E-state index contributed by atoms with van der Waals surface area (Å²) < 4.78 is 2.00. The Hall–Kier alpha value is 1.01. The average molecular weight is 917 g/mol. The summed E-state index contributed by atoms with van der Waals surface area (Å²) in [6, 6.07) is 7.79. The first-order valence-corrected chi connectivity index (χ1v) is 16.5. The topological polar surface area (TPSA) is 41.1 Å². The molecule has 0 saturated heterocycles. The Labute approximate surface area is 234 Å². The van der Waals surface area contributed by atoms with Gasteiger partial charge in [0, 0.05) is 84.5 Å². The number of pyridine rings is 2. The molecule has 0 aliphatic rings. The van der Waals surface area contributed by atoms with Crippen molar-refractivity contribution in [2.45, 2.75) is 0 Å². The number of likely N-dealkylation sites (N-methyl/N-ethyl adjacent to an activating group) is 1. The summed E-state index contributed by atoms with van der Waals surface area (Å²) in [4.78, 5) is 10.3. The van der Waals surface area contributed by atoms with Crippen molar-refractivity contribution in [1.82, 2.24) is 9.97 Å². The van der Waals surface area contributed by atoms with Crippen molar-refractivity contribution in [2.24, 2.45) is 0 Å². The fraction of sp³-hybridized carbons (Fsp3) is 0.222. The molecule has 0 fully saturated rings. The van der Waals surface area contributed by atoms with Crippen LogP contribution in [-0.4, -0.2) is 35.9 Å². The van der Waals surface area contributed by atoms with Crippen molar-refractivity contribution < 1.29 is 0 Å². The predicted octanol–water partition coefficient (Wildman–Crippen LogP) is 8.31. The van der Waals surface area contributed by atoms with Gasteiger partial charge < -0.3 is 10.2 Å². The quantitative estimate of drug-likeness (QED) is 0.186. The van der Waals surface area contributed by atoms with Crippen molar-refractivity contribution in [1.29, 1.82) is 0 Å². The highest BCUT2D eigenvalue weighted by molar-refractivity contribution is 15.0. The molecule has 0 amide bonds. The number of hydrogen-bond acceptors (Lipinski definition) is 4. The minimum absolute atomic E-state index is 0. The Bertz CT molecular complexity index is 614. The monoisotopic (exact) mass is 914 g/mol. The largest absolute Gasteiger partial charge is 0.373 e. The second-order valence-corrected chi connectivity index (χ2v) is 7.04. The number of alkyl halides is 1. The van der Waals surface area contributed by atoms with E-state index in [0.717, 1.165) is 32.5 Å². The van der Waals surface area contributed by atoms with Crippen LogP contribution < -0.4 is 10.2 Å². The van der Waals surface area contributed by atoms with E-state index in [-0.39, 0.29) is 24.0 Å². The average Bonchev–Trinajstić information content (AvgIpc) is 2.71. The van der Waals surface area contributed by atoms with Gasteiger partial charge in [0.15, 0.2) is 0 Å². The second-order valence-electron chi connectivity index (χ2n) is 4.56. The lowest BCUT2D eigenvalue weighted by molar-refractivity contribution is 0.990. The maximum absolute atomic E-state index is 4.23.